The van der Waals surface area contributed by atoms with Gasteiger partial charge in [0.1, 0.15) is 11.4 Å². The van der Waals surface area contributed by atoms with E-state index in [9.17, 15) is 14.7 Å². The second kappa shape index (κ2) is 5.68. The number of phenols is 1. The lowest BCUT2D eigenvalue weighted by molar-refractivity contribution is 0.104. The first kappa shape index (κ1) is 14.8. The number of fused-ring (bicyclic) bond motifs is 1. The summed E-state index contributed by atoms with van der Waals surface area (Å²) in [5.41, 5.74) is 1.30. The smallest absolute Gasteiger partial charge is 0.257 e. The Hall–Kier alpha value is -3.81. The molecule has 3 N–H and O–H groups in total. The number of phenolic OH excluding ortho intramolecular Hbond substituents is 1. The summed E-state index contributed by atoms with van der Waals surface area (Å²) in [4.78, 5) is 30.4. The highest BCUT2D eigenvalue weighted by atomic mass is 16.3. The Kier molecular flexibility index (Phi) is 3.35. The summed E-state index contributed by atoms with van der Waals surface area (Å²) in [5.74, 6) is -0.214. The van der Waals surface area contributed by atoms with Crippen LogP contribution in [-0.4, -0.2) is 36.3 Å². The van der Waals surface area contributed by atoms with Crippen molar-refractivity contribution in [2.24, 2.45) is 0 Å². The van der Waals surface area contributed by atoms with Crippen LogP contribution in [0.1, 0.15) is 15.9 Å². The highest BCUT2D eigenvalue weighted by Crippen LogP contribution is 2.27. The summed E-state index contributed by atoms with van der Waals surface area (Å²) in [7, 11) is 0. The largest absolute Gasteiger partial charge is 0.508 e. The van der Waals surface area contributed by atoms with E-state index in [1.54, 1.807) is 12.1 Å². The van der Waals surface area contributed by atoms with Crippen LogP contribution in [0.3, 0.4) is 0 Å². The van der Waals surface area contributed by atoms with Gasteiger partial charge in [-0.2, -0.15) is 0 Å². The van der Waals surface area contributed by atoms with E-state index in [4.69, 9.17) is 0 Å². The van der Waals surface area contributed by atoms with Crippen LogP contribution in [-0.2, 0) is 0 Å². The number of nitrogens with zero attached hydrogens (tertiary/aromatic N) is 3. The van der Waals surface area contributed by atoms with E-state index in [1.165, 1.54) is 36.7 Å². The molecule has 1 aromatic carbocycles. The van der Waals surface area contributed by atoms with Crippen molar-refractivity contribution in [2.75, 3.05) is 0 Å². The van der Waals surface area contributed by atoms with E-state index in [-0.39, 0.29) is 22.8 Å². The first-order chi connectivity index (χ1) is 12.1. The normalized spacial score (nSPS) is 10.9. The number of nitrogens with one attached hydrogen (secondary N) is 2. The van der Waals surface area contributed by atoms with Crippen LogP contribution in [0.2, 0.25) is 0 Å². The molecule has 0 spiro atoms. The second-order valence-corrected chi connectivity index (χ2v) is 5.35. The molecule has 4 rings (SSSR count). The van der Waals surface area contributed by atoms with E-state index in [2.05, 4.69) is 25.4 Å². The Morgan fingerprint density at radius 1 is 1.04 bits per heavy atom. The number of aromatic nitrogens is 5. The lowest BCUT2D eigenvalue weighted by Gasteiger charge is -2.03. The maximum absolute atomic E-state index is 12.8. The molecule has 0 saturated heterocycles. The summed E-state index contributed by atoms with van der Waals surface area (Å²) in [5, 5.41) is 21.3. The predicted octanol–water partition coefficient (Wildman–Crippen LogP) is 1.64. The maximum atomic E-state index is 12.8. The number of carbonyl (C=O) groups is 1. The summed E-state index contributed by atoms with van der Waals surface area (Å²) in [6.45, 7) is 0. The molecular weight excluding hydrogens is 322 g/mol. The number of H-pyrrole nitrogens is 2. The van der Waals surface area contributed by atoms with E-state index in [1.807, 2.05) is 0 Å². The van der Waals surface area contributed by atoms with Crippen LogP contribution in [0.15, 0.2) is 53.6 Å². The molecule has 4 aromatic rings. The number of carbonyl (C=O) groups excluding carboxylic acids is 1. The minimum Gasteiger partial charge on any atom is -0.508 e. The van der Waals surface area contributed by atoms with Gasteiger partial charge in [0.2, 0.25) is 0 Å². The molecule has 8 heteroatoms. The van der Waals surface area contributed by atoms with Gasteiger partial charge in [-0.05, 0) is 41.6 Å². The molecule has 0 aliphatic carbocycles. The Labute approximate surface area is 140 Å². The number of aromatic hydroxyl groups is 1. The number of benzene rings is 1. The molecule has 0 amide bonds. The number of hydrogen-bond donors (Lipinski definition) is 3. The van der Waals surface area contributed by atoms with Crippen molar-refractivity contribution in [3.05, 3.63) is 70.3 Å². The van der Waals surface area contributed by atoms with Crippen LogP contribution < -0.4 is 5.56 Å². The molecule has 3 aromatic heterocycles. The zero-order chi connectivity index (χ0) is 17.4. The van der Waals surface area contributed by atoms with Gasteiger partial charge in [0.15, 0.2) is 11.4 Å². The molecule has 0 aliphatic rings. The summed E-state index contributed by atoms with van der Waals surface area (Å²) in [6.07, 6.45) is 3.02. The first-order valence-corrected chi connectivity index (χ1v) is 7.37. The molecular formula is C17H11N5O3. The third-order valence-electron chi connectivity index (χ3n) is 3.83. The molecule has 25 heavy (non-hydrogen) atoms. The topological polar surface area (TPSA) is 125 Å². The highest BCUT2D eigenvalue weighted by molar-refractivity contribution is 6.18. The lowest BCUT2D eigenvalue weighted by Crippen LogP contribution is -2.10. The van der Waals surface area contributed by atoms with Crippen LogP contribution >= 0.6 is 0 Å². The van der Waals surface area contributed by atoms with Gasteiger partial charge in [-0.25, -0.2) is 0 Å². The molecule has 0 unspecified atom stereocenters. The van der Waals surface area contributed by atoms with Crippen LogP contribution in [0.4, 0.5) is 0 Å². The second-order valence-electron chi connectivity index (χ2n) is 5.35. The number of aromatic amines is 2. The fourth-order valence-corrected chi connectivity index (χ4v) is 2.64. The molecule has 0 aliphatic heterocycles. The highest BCUT2D eigenvalue weighted by Gasteiger charge is 2.21. The monoisotopic (exact) mass is 333 g/mol. The SMILES string of the molecule is O=C(c1ccc(O)cc1)c1c[nH]c2nnnc(-c3ccc[nH]c3=O)c12. The third kappa shape index (κ3) is 2.45. The van der Waals surface area contributed by atoms with Gasteiger partial charge in [0.25, 0.3) is 5.56 Å². The van der Waals surface area contributed by atoms with Gasteiger partial charge in [-0.1, -0.05) is 0 Å². The fourth-order valence-electron chi connectivity index (χ4n) is 2.64. The van der Waals surface area contributed by atoms with Gasteiger partial charge in [-0.15, -0.1) is 10.2 Å². The van der Waals surface area contributed by atoms with Gasteiger partial charge in [0, 0.05) is 18.0 Å². The van der Waals surface area contributed by atoms with E-state index in [0.717, 1.165) is 0 Å². The number of hydrogen-bond acceptors (Lipinski definition) is 6. The van der Waals surface area contributed by atoms with Crippen LogP contribution in [0.5, 0.6) is 5.75 Å². The molecule has 0 radical (unpaired) electrons. The van der Waals surface area contributed by atoms with Crippen molar-refractivity contribution in [2.45, 2.75) is 0 Å². The van der Waals surface area contributed by atoms with Gasteiger partial charge < -0.3 is 15.1 Å². The van der Waals surface area contributed by atoms with E-state index >= 15 is 0 Å². The average Bonchev–Trinajstić information content (AvgIpc) is 3.06. The third-order valence-corrected chi connectivity index (χ3v) is 3.83. The molecule has 3 heterocycles. The van der Waals surface area contributed by atoms with Gasteiger partial charge in [0.05, 0.1) is 16.5 Å². The van der Waals surface area contributed by atoms with Crippen LogP contribution in [0.25, 0.3) is 22.3 Å². The molecule has 0 saturated carbocycles. The summed E-state index contributed by atoms with van der Waals surface area (Å²) >= 11 is 0. The van der Waals surface area contributed by atoms with E-state index < -0.39 is 0 Å². The molecule has 8 nitrogen and oxygen atoms in total. The average molecular weight is 333 g/mol. The number of ketones is 1. The summed E-state index contributed by atoms with van der Waals surface area (Å²) < 4.78 is 0. The standard InChI is InChI=1S/C17H11N5O3/c23-10-5-3-9(4-6-10)15(24)12-8-19-16-13(12)14(20-22-21-16)11-2-1-7-18-17(11)25/h1-8,23H,(H,18,25)(H,19,20,21). The maximum Gasteiger partial charge on any atom is 0.257 e. The molecule has 0 atom stereocenters. The van der Waals surface area contributed by atoms with E-state index in [0.29, 0.717) is 27.7 Å². The quantitative estimate of drug-likeness (QED) is 0.490. The minimum absolute atomic E-state index is 0.0690. The zero-order valence-electron chi connectivity index (χ0n) is 12.7. The first-order valence-electron chi connectivity index (χ1n) is 7.37. The number of rotatable bonds is 3. The zero-order valence-corrected chi connectivity index (χ0v) is 12.7. The van der Waals surface area contributed by atoms with Gasteiger partial charge in [-0.3, -0.25) is 9.59 Å². The van der Waals surface area contributed by atoms with Crippen LogP contribution in [0, 0.1) is 0 Å². The predicted molar refractivity (Wildman–Crippen MR) is 89.3 cm³/mol. The molecule has 0 fully saturated rings. The molecule has 122 valence electrons. The Morgan fingerprint density at radius 3 is 2.60 bits per heavy atom. The van der Waals surface area contributed by atoms with Crippen molar-refractivity contribution in [3.63, 3.8) is 0 Å². The Morgan fingerprint density at radius 2 is 1.84 bits per heavy atom. The van der Waals surface area contributed by atoms with Crippen molar-refractivity contribution >= 4 is 16.8 Å². The molecule has 0 bridgehead atoms. The van der Waals surface area contributed by atoms with Crippen molar-refractivity contribution < 1.29 is 9.90 Å². The lowest BCUT2D eigenvalue weighted by atomic mass is 10.0. The number of pyridine rings is 1. The minimum atomic E-state index is -0.339. The van der Waals surface area contributed by atoms with Crippen molar-refractivity contribution in [1.29, 1.82) is 0 Å². The van der Waals surface area contributed by atoms with Crippen molar-refractivity contribution in [1.82, 2.24) is 25.4 Å². The summed E-state index contributed by atoms with van der Waals surface area (Å²) in [6, 6.07) is 9.18. The fraction of sp³-hybridized carbons (Fsp3) is 0. The van der Waals surface area contributed by atoms with Gasteiger partial charge >= 0.3 is 0 Å². The Bertz CT molecular complexity index is 1140. The Balaban J connectivity index is 1.95. The van der Waals surface area contributed by atoms with Crippen molar-refractivity contribution in [3.8, 4) is 17.0 Å².